The number of carbonyl (C=O) groups is 2. The van der Waals surface area contributed by atoms with Crippen LogP contribution in [0.1, 0.15) is 24.9 Å². The molecule has 7 nitrogen and oxygen atoms in total. The van der Waals surface area contributed by atoms with Crippen LogP contribution in [0.2, 0.25) is 5.02 Å². The fraction of sp³-hybridized carbons (Fsp3) is 0.240. The third kappa shape index (κ3) is 5.29. The van der Waals surface area contributed by atoms with Crippen LogP contribution in [-0.2, 0) is 14.3 Å². The molecule has 0 fully saturated rings. The van der Waals surface area contributed by atoms with Crippen LogP contribution in [-0.4, -0.2) is 42.2 Å². The van der Waals surface area contributed by atoms with Crippen LogP contribution in [0.5, 0.6) is 5.75 Å². The second kappa shape index (κ2) is 10.8. The lowest BCUT2D eigenvalue weighted by molar-refractivity contribution is -0.136. The minimum atomic E-state index is -0.479. The first kappa shape index (κ1) is 23.9. The van der Waals surface area contributed by atoms with Crippen LogP contribution in [0.25, 0.3) is 0 Å². The molecule has 1 amide bonds. The predicted molar refractivity (Wildman–Crippen MR) is 133 cm³/mol. The fourth-order valence-corrected chi connectivity index (χ4v) is 4.89. The van der Waals surface area contributed by atoms with Crippen molar-refractivity contribution in [2.24, 2.45) is 4.99 Å². The van der Waals surface area contributed by atoms with Gasteiger partial charge in [-0.1, -0.05) is 53.7 Å². The molecule has 2 aromatic rings. The molecule has 0 aliphatic carbocycles. The lowest BCUT2D eigenvalue weighted by Crippen LogP contribution is -2.38. The van der Waals surface area contributed by atoms with Crippen molar-refractivity contribution in [1.82, 2.24) is 10.2 Å². The molecule has 2 aliphatic rings. The van der Waals surface area contributed by atoms with Gasteiger partial charge in [0.2, 0.25) is 5.91 Å². The molecule has 0 saturated heterocycles. The van der Waals surface area contributed by atoms with Gasteiger partial charge in [0.05, 0.1) is 37.4 Å². The quantitative estimate of drug-likeness (QED) is 0.421. The molecule has 0 bridgehead atoms. The standard InChI is InChI=1S/C25H24ClN3O4S/c1-16-22(24(31)32-2)23(17-8-10-18(26)11-9-17)29-19(15-34-25(29)28-16)14-21(30)27-12-13-33-20-6-4-3-5-7-20/h3-11,15,23H,12-14H2,1-2H3,(H,27,30)/t23-/m1/s1. The number of thioether (sulfide) groups is 1. The average Bonchev–Trinajstić information content (AvgIpc) is 3.23. The topological polar surface area (TPSA) is 80.2 Å². The summed E-state index contributed by atoms with van der Waals surface area (Å²) in [5, 5.41) is 6.09. The minimum absolute atomic E-state index is 0.134. The maximum Gasteiger partial charge on any atom is 0.338 e. The van der Waals surface area contributed by atoms with Gasteiger partial charge in [0.25, 0.3) is 0 Å². The number of ether oxygens (including phenoxy) is 2. The summed E-state index contributed by atoms with van der Waals surface area (Å²) in [6.45, 7) is 2.53. The highest BCUT2D eigenvalue weighted by atomic mass is 35.5. The van der Waals surface area contributed by atoms with Crippen molar-refractivity contribution in [2.75, 3.05) is 20.3 Å². The van der Waals surface area contributed by atoms with Gasteiger partial charge in [-0.25, -0.2) is 9.79 Å². The Morgan fingerprint density at radius 1 is 1.15 bits per heavy atom. The summed E-state index contributed by atoms with van der Waals surface area (Å²) >= 11 is 7.52. The number of carbonyl (C=O) groups excluding carboxylic acids is 2. The number of halogens is 1. The number of allylic oxidation sites excluding steroid dienone is 1. The number of hydrogen-bond donors (Lipinski definition) is 1. The number of methoxy groups -OCH3 is 1. The number of nitrogens with zero attached hydrogens (tertiary/aromatic N) is 2. The van der Waals surface area contributed by atoms with E-state index in [2.05, 4.69) is 10.3 Å². The van der Waals surface area contributed by atoms with Gasteiger partial charge >= 0.3 is 5.97 Å². The molecule has 9 heteroatoms. The molecule has 2 aliphatic heterocycles. The number of amides is 1. The summed E-state index contributed by atoms with van der Waals surface area (Å²) in [6, 6.07) is 16.2. The Bertz CT molecular complexity index is 1160. The number of hydrogen-bond acceptors (Lipinski definition) is 7. The maximum absolute atomic E-state index is 12.7. The molecule has 4 rings (SSSR count). The number of fused-ring (bicyclic) bond motifs is 1. The highest BCUT2D eigenvalue weighted by Gasteiger charge is 2.40. The Labute approximate surface area is 207 Å². The number of rotatable bonds is 8. The summed E-state index contributed by atoms with van der Waals surface area (Å²) in [5.41, 5.74) is 2.61. The van der Waals surface area contributed by atoms with E-state index < -0.39 is 12.0 Å². The molecule has 0 unspecified atom stereocenters. The van der Waals surface area contributed by atoms with E-state index in [1.54, 1.807) is 19.1 Å². The Kier molecular flexibility index (Phi) is 7.59. The number of amidine groups is 1. The average molecular weight is 498 g/mol. The zero-order valence-electron chi connectivity index (χ0n) is 18.8. The van der Waals surface area contributed by atoms with E-state index in [4.69, 9.17) is 21.1 Å². The first-order chi connectivity index (χ1) is 16.5. The first-order valence-corrected chi connectivity index (χ1v) is 12.0. The maximum atomic E-state index is 12.7. The van der Waals surface area contributed by atoms with Gasteiger partial charge in [0, 0.05) is 10.7 Å². The third-order valence-electron chi connectivity index (χ3n) is 5.37. The van der Waals surface area contributed by atoms with E-state index >= 15 is 0 Å². The van der Waals surface area contributed by atoms with E-state index in [0.29, 0.717) is 34.6 Å². The van der Waals surface area contributed by atoms with Crippen molar-refractivity contribution in [1.29, 1.82) is 0 Å². The van der Waals surface area contributed by atoms with Crippen LogP contribution in [0.3, 0.4) is 0 Å². The highest BCUT2D eigenvalue weighted by Crippen LogP contribution is 2.44. The Balaban J connectivity index is 1.48. The van der Waals surface area contributed by atoms with Gasteiger partial charge in [0.1, 0.15) is 12.4 Å². The molecule has 0 aromatic heterocycles. The molecule has 2 aromatic carbocycles. The molecule has 1 atom stereocenters. The van der Waals surface area contributed by atoms with Gasteiger partial charge in [-0.3, -0.25) is 4.79 Å². The van der Waals surface area contributed by atoms with Crippen LogP contribution in [0.15, 0.2) is 82.0 Å². The molecule has 176 valence electrons. The monoisotopic (exact) mass is 497 g/mol. The number of aliphatic imine (C=N–C) groups is 1. The number of nitrogens with one attached hydrogen (secondary N) is 1. The third-order valence-corrected chi connectivity index (χ3v) is 6.51. The Hall–Kier alpha value is -3.23. The summed E-state index contributed by atoms with van der Waals surface area (Å²) in [4.78, 5) is 32.0. The van der Waals surface area contributed by atoms with Crippen molar-refractivity contribution >= 4 is 40.4 Å². The number of para-hydroxylation sites is 1. The van der Waals surface area contributed by atoms with Crippen molar-refractivity contribution in [3.05, 3.63) is 87.6 Å². The van der Waals surface area contributed by atoms with Crippen LogP contribution < -0.4 is 10.1 Å². The van der Waals surface area contributed by atoms with E-state index in [1.807, 2.05) is 52.8 Å². The fourth-order valence-electron chi connectivity index (χ4n) is 3.80. The molecule has 2 heterocycles. The van der Waals surface area contributed by atoms with E-state index in [1.165, 1.54) is 18.9 Å². The summed E-state index contributed by atoms with van der Waals surface area (Å²) < 4.78 is 10.7. The smallest absolute Gasteiger partial charge is 0.338 e. The van der Waals surface area contributed by atoms with Crippen molar-refractivity contribution < 1.29 is 19.1 Å². The Morgan fingerprint density at radius 3 is 2.59 bits per heavy atom. The first-order valence-electron chi connectivity index (χ1n) is 10.7. The molecular weight excluding hydrogens is 474 g/mol. The van der Waals surface area contributed by atoms with Crippen molar-refractivity contribution in [3.63, 3.8) is 0 Å². The van der Waals surface area contributed by atoms with Crippen molar-refractivity contribution in [2.45, 2.75) is 19.4 Å². The molecule has 0 radical (unpaired) electrons. The normalized spacial score (nSPS) is 17.0. The van der Waals surface area contributed by atoms with Gasteiger partial charge < -0.3 is 19.7 Å². The summed E-state index contributed by atoms with van der Waals surface area (Å²) in [6.07, 6.45) is 0.134. The van der Waals surface area contributed by atoms with Crippen LogP contribution >= 0.6 is 23.4 Å². The molecule has 0 spiro atoms. The predicted octanol–water partition coefficient (Wildman–Crippen LogP) is 4.67. The van der Waals surface area contributed by atoms with Gasteiger partial charge in [0.15, 0.2) is 5.17 Å². The molecule has 0 saturated carbocycles. The zero-order valence-corrected chi connectivity index (χ0v) is 20.4. The minimum Gasteiger partial charge on any atom is -0.492 e. The van der Waals surface area contributed by atoms with Gasteiger partial charge in [-0.2, -0.15) is 0 Å². The van der Waals surface area contributed by atoms with E-state index in [9.17, 15) is 9.59 Å². The lowest BCUT2D eigenvalue weighted by Gasteiger charge is -2.36. The van der Waals surface area contributed by atoms with Crippen LogP contribution in [0.4, 0.5) is 0 Å². The second-order valence-electron chi connectivity index (χ2n) is 7.62. The number of benzene rings is 2. The summed E-state index contributed by atoms with van der Waals surface area (Å²) in [5.74, 6) is 0.147. The van der Waals surface area contributed by atoms with E-state index in [0.717, 1.165) is 17.0 Å². The largest absolute Gasteiger partial charge is 0.492 e. The lowest BCUT2D eigenvalue weighted by atomic mass is 9.94. The molecular formula is C25H24ClN3O4S. The van der Waals surface area contributed by atoms with Crippen molar-refractivity contribution in [3.8, 4) is 5.75 Å². The molecule has 1 N–H and O–H groups in total. The van der Waals surface area contributed by atoms with Gasteiger partial charge in [-0.15, -0.1) is 0 Å². The second-order valence-corrected chi connectivity index (χ2v) is 8.90. The highest BCUT2D eigenvalue weighted by molar-refractivity contribution is 8.16. The van der Waals surface area contributed by atoms with Crippen LogP contribution in [0, 0.1) is 0 Å². The molecule has 34 heavy (non-hydrogen) atoms. The SMILES string of the molecule is COC(=O)C1=C(C)N=C2SC=C(CC(=O)NCCOc3ccccc3)N2[C@@H]1c1ccc(Cl)cc1. The number of esters is 1. The van der Waals surface area contributed by atoms with E-state index in [-0.39, 0.29) is 12.3 Å². The van der Waals surface area contributed by atoms with Gasteiger partial charge in [-0.05, 0) is 42.2 Å². The zero-order chi connectivity index (χ0) is 24.1. The Morgan fingerprint density at radius 2 is 1.88 bits per heavy atom. The summed E-state index contributed by atoms with van der Waals surface area (Å²) in [7, 11) is 1.35.